The lowest BCUT2D eigenvalue weighted by atomic mass is 9.92. The molecule has 0 amide bonds. The van der Waals surface area contributed by atoms with Gasteiger partial charge in [-0.1, -0.05) is 61.6 Å². The summed E-state index contributed by atoms with van der Waals surface area (Å²) >= 11 is 0. The first-order chi connectivity index (χ1) is 8.40. The van der Waals surface area contributed by atoms with Gasteiger partial charge in [-0.05, 0) is 40.3 Å². The Morgan fingerprint density at radius 3 is 2.71 bits per heavy atom. The Morgan fingerprint density at radius 2 is 1.88 bits per heavy atom. The lowest BCUT2D eigenvalue weighted by Crippen LogP contribution is -1.93. The van der Waals surface area contributed by atoms with Crippen molar-refractivity contribution in [1.82, 2.24) is 0 Å². The lowest BCUT2D eigenvalue weighted by Gasteiger charge is -2.12. The molecule has 0 fully saturated rings. The molecule has 84 valence electrons. The molecule has 0 spiro atoms. The van der Waals surface area contributed by atoms with Crippen LogP contribution in [0, 0.1) is 0 Å². The normalized spacial score (nSPS) is 13.7. The van der Waals surface area contributed by atoms with Gasteiger partial charge in [0.05, 0.1) is 0 Å². The highest BCUT2D eigenvalue weighted by atomic mass is 14.1. The minimum atomic E-state index is 1.03. The van der Waals surface area contributed by atoms with Crippen LogP contribution < -0.4 is 0 Å². The van der Waals surface area contributed by atoms with Crippen molar-refractivity contribution in [2.75, 3.05) is 0 Å². The number of allylic oxidation sites excluding steroid dienone is 3. The first-order valence-electron chi connectivity index (χ1n) is 6.27. The minimum absolute atomic E-state index is 1.03. The largest absolute Gasteiger partial charge is 0.0801 e. The molecule has 0 radical (unpaired) electrons. The Bertz CT molecular complexity index is 615. The molecule has 0 heteroatoms. The molecule has 0 heterocycles. The van der Waals surface area contributed by atoms with Gasteiger partial charge in [0, 0.05) is 0 Å². The molecular weight excluding hydrogens is 204 g/mol. The van der Waals surface area contributed by atoms with Crippen molar-refractivity contribution in [3.63, 3.8) is 0 Å². The fourth-order valence-corrected chi connectivity index (χ4v) is 2.63. The lowest BCUT2D eigenvalue weighted by molar-refractivity contribution is 1.15. The highest BCUT2D eigenvalue weighted by molar-refractivity contribution is 5.92. The molecule has 1 aliphatic rings. The smallest absolute Gasteiger partial charge is 0.00822 e. The van der Waals surface area contributed by atoms with E-state index in [1.165, 1.54) is 27.5 Å². The molecule has 0 saturated heterocycles. The summed E-state index contributed by atoms with van der Waals surface area (Å²) in [5, 5.41) is 2.83. The van der Waals surface area contributed by atoms with E-state index in [2.05, 4.69) is 61.6 Å². The van der Waals surface area contributed by atoms with Crippen molar-refractivity contribution in [3.8, 4) is 0 Å². The topological polar surface area (TPSA) is 0 Å². The first kappa shape index (κ1) is 10.3. The monoisotopic (exact) mass is 220 g/mol. The standard InChI is InChI=1S/C17H16/c1-2-13-12-14-8-4-3-5-9-16(14)17-11-7-6-10-15(13)17/h3-8,10-12H,2,9H2,1H3. The van der Waals surface area contributed by atoms with Gasteiger partial charge in [0.1, 0.15) is 0 Å². The van der Waals surface area contributed by atoms with Gasteiger partial charge in [-0.3, -0.25) is 0 Å². The number of hydrogen-bond donors (Lipinski definition) is 0. The quantitative estimate of drug-likeness (QED) is 0.662. The summed E-state index contributed by atoms with van der Waals surface area (Å²) in [6.45, 7) is 2.23. The van der Waals surface area contributed by atoms with Gasteiger partial charge in [0.2, 0.25) is 0 Å². The zero-order chi connectivity index (χ0) is 11.7. The second kappa shape index (κ2) is 4.21. The van der Waals surface area contributed by atoms with Gasteiger partial charge in [-0.15, -0.1) is 0 Å². The Labute approximate surface area is 102 Å². The van der Waals surface area contributed by atoms with Gasteiger partial charge in [0.15, 0.2) is 0 Å². The maximum atomic E-state index is 2.35. The van der Waals surface area contributed by atoms with Crippen molar-refractivity contribution in [3.05, 3.63) is 65.3 Å². The highest BCUT2D eigenvalue weighted by Gasteiger charge is 2.09. The second-order valence-corrected chi connectivity index (χ2v) is 4.49. The average molecular weight is 220 g/mol. The van der Waals surface area contributed by atoms with Crippen molar-refractivity contribution >= 4 is 16.8 Å². The first-order valence-corrected chi connectivity index (χ1v) is 6.27. The van der Waals surface area contributed by atoms with Crippen LogP contribution in [0.1, 0.15) is 23.6 Å². The molecule has 3 rings (SSSR count). The van der Waals surface area contributed by atoms with Crippen LogP contribution in [0.25, 0.3) is 16.8 Å². The average Bonchev–Trinajstić information content (AvgIpc) is 2.63. The molecule has 0 unspecified atom stereocenters. The molecule has 0 saturated carbocycles. The summed E-state index contributed by atoms with van der Waals surface area (Å²) in [5.41, 5.74) is 4.29. The Hall–Kier alpha value is -1.82. The van der Waals surface area contributed by atoms with E-state index < -0.39 is 0 Å². The Kier molecular flexibility index (Phi) is 2.56. The Balaban J connectivity index is 2.40. The van der Waals surface area contributed by atoms with E-state index in [0.29, 0.717) is 0 Å². The van der Waals surface area contributed by atoms with Crippen LogP contribution in [-0.4, -0.2) is 0 Å². The summed E-state index contributed by atoms with van der Waals surface area (Å²) in [7, 11) is 0. The van der Waals surface area contributed by atoms with Crippen LogP contribution in [0.5, 0.6) is 0 Å². The number of rotatable bonds is 1. The molecule has 0 atom stereocenters. The SMILES string of the molecule is CCc1cc2c(c3ccccc13)CC=CC=C2. The van der Waals surface area contributed by atoms with Crippen LogP contribution in [0.4, 0.5) is 0 Å². The number of hydrogen-bond acceptors (Lipinski definition) is 0. The van der Waals surface area contributed by atoms with Gasteiger partial charge >= 0.3 is 0 Å². The number of benzene rings is 2. The van der Waals surface area contributed by atoms with E-state index in [4.69, 9.17) is 0 Å². The van der Waals surface area contributed by atoms with Gasteiger partial charge in [0.25, 0.3) is 0 Å². The van der Waals surface area contributed by atoms with Crippen LogP contribution in [0.3, 0.4) is 0 Å². The van der Waals surface area contributed by atoms with Crippen molar-refractivity contribution in [2.45, 2.75) is 19.8 Å². The van der Waals surface area contributed by atoms with E-state index in [0.717, 1.165) is 12.8 Å². The van der Waals surface area contributed by atoms with Gasteiger partial charge in [-0.2, -0.15) is 0 Å². The number of fused-ring (bicyclic) bond motifs is 3. The van der Waals surface area contributed by atoms with E-state index >= 15 is 0 Å². The summed E-state index contributed by atoms with van der Waals surface area (Å²) in [6.07, 6.45) is 10.9. The van der Waals surface area contributed by atoms with E-state index in [1.807, 2.05) is 0 Å². The molecular formula is C17H16. The molecule has 2 aromatic carbocycles. The third kappa shape index (κ3) is 1.70. The molecule has 0 N–H and O–H groups in total. The van der Waals surface area contributed by atoms with Gasteiger partial charge < -0.3 is 0 Å². The fourth-order valence-electron chi connectivity index (χ4n) is 2.63. The van der Waals surface area contributed by atoms with E-state index in [-0.39, 0.29) is 0 Å². The summed E-state index contributed by atoms with van der Waals surface area (Å²) in [6, 6.07) is 11.1. The highest BCUT2D eigenvalue weighted by Crippen LogP contribution is 2.29. The summed E-state index contributed by atoms with van der Waals surface area (Å²) < 4.78 is 0. The van der Waals surface area contributed by atoms with Crippen molar-refractivity contribution < 1.29 is 0 Å². The molecule has 2 aromatic rings. The van der Waals surface area contributed by atoms with E-state index in [9.17, 15) is 0 Å². The molecule has 1 aliphatic carbocycles. The van der Waals surface area contributed by atoms with Crippen LogP contribution in [0.15, 0.2) is 48.6 Å². The zero-order valence-corrected chi connectivity index (χ0v) is 10.1. The van der Waals surface area contributed by atoms with E-state index in [1.54, 1.807) is 0 Å². The number of aryl methyl sites for hydroxylation is 1. The zero-order valence-electron chi connectivity index (χ0n) is 10.1. The Morgan fingerprint density at radius 1 is 1.06 bits per heavy atom. The van der Waals surface area contributed by atoms with Gasteiger partial charge in [-0.25, -0.2) is 0 Å². The molecule has 0 aliphatic heterocycles. The maximum Gasteiger partial charge on any atom is -0.00822 e. The fraction of sp³-hybridized carbons (Fsp3) is 0.176. The third-order valence-corrected chi connectivity index (χ3v) is 3.50. The van der Waals surface area contributed by atoms with Crippen LogP contribution in [0.2, 0.25) is 0 Å². The predicted molar refractivity (Wildman–Crippen MR) is 75.2 cm³/mol. The molecule has 0 aromatic heterocycles. The minimum Gasteiger partial charge on any atom is -0.0801 e. The third-order valence-electron chi connectivity index (χ3n) is 3.50. The summed E-state index contributed by atoms with van der Waals surface area (Å²) in [5.74, 6) is 0. The second-order valence-electron chi connectivity index (χ2n) is 4.49. The van der Waals surface area contributed by atoms with Crippen molar-refractivity contribution in [1.29, 1.82) is 0 Å². The predicted octanol–water partition coefficient (Wildman–Crippen LogP) is 4.53. The van der Waals surface area contributed by atoms with Crippen molar-refractivity contribution in [2.24, 2.45) is 0 Å². The molecule has 0 bridgehead atoms. The van der Waals surface area contributed by atoms with Crippen LogP contribution in [-0.2, 0) is 12.8 Å². The summed E-state index contributed by atoms with van der Waals surface area (Å²) in [4.78, 5) is 0. The van der Waals surface area contributed by atoms with Crippen LogP contribution >= 0.6 is 0 Å². The molecule has 17 heavy (non-hydrogen) atoms. The maximum absolute atomic E-state index is 2.35. The molecule has 0 nitrogen and oxygen atoms in total.